The number of aliphatic hydroxyl groups is 1. The first-order valence-electron chi connectivity index (χ1n) is 4.77. The Labute approximate surface area is 89.5 Å². The van der Waals surface area contributed by atoms with Crippen LogP contribution >= 0.6 is 11.8 Å². The first-order valence-corrected chi connectivity index (χ1v) is 5.65. The molecule has 0 aromatic heterocycles. The molecule has 0 aliphatic heterocycles. The molecule has 0 saturated carbocycles. The molecule has 3 N–H and O–H groups in total. The number of thioether (sulfide) groups is 1. The Morgan fingerprint density at radius 2 is 2.21 bits per heavy atom. The van der Waals surface area contributed by atoms with Gasteiger partial charge < -0.3 is 10.8 Å². The van der Waals surface area contributed by atoms with E-state index >= 15 is 0 Å². The number of nitrogen functional groups attached to an aromatic ring is 1. The monoisotopic (exact) mass is 211 g/mol. The summed E-state index contributed by atoms with van der Waals surface area (Å²) < 4.78 is 0. The quantitative estimate of drug-likeness (QED) is 0.594. The molecule has 0 aliphatic carbocycles. The van der Waals surface area contributed by atoms with Gasteiger partial charge in [-0.1, -0.05) is 19.1 Å². The summed E-state index contributed by atoms with van der Waals surface area (Å²) in [4.78, 5) is 1.12. The first kappa shape index (κ1) is 11.4. The fraction of sp³-hybridized carbons (Fsp3) is 0.455. The lowest BCUT2D eigenvalue weighted by molar-refractivity contribution is 0.289. The third-order valence-electron chi connectivity index (χ3n) is 2.15. The van der Waals surface area contributed by atoms with Crippen molar-refractivity contribution < 1.29 is 5.11 Å². The number of nitrogens with two attached hydrogens (primary N) is 1. The van der Waals surface area contributed by atoms with Crippen LogP contribution in [0.3, 0.4) is 0 Å². The van der Waals surface area contributed by atoms with Crippen LogP contribution in [0.15, 0.2) is 23.1 Å². The minimum absolute atomic E-state index is 0.236. The Morgan fingerprint density at radius 3 is 2.86 bits per heavy atom. The SMILES string of the molecule is Cc1cccc(SC(C)CCO)c1N. The summed E-state index contributed by atoms with van der Waals surface area (Å²) in [6.45, 7) is 4.35. The second-order valence-corrected chi connectivity index (χ2v) is 4.91. The van der Waals surface area contributed by atoms with E-state index in [2.05, 4.69) is 6.92 Å². The Morgan fingerprint density at radius 1 is 1.50 bits per heavy atom. The molecule has 1 aromatic rings. The van der Waals surface area contributed by atoms with Crippen molar-refractivity contribution in [2.24, 2.45) is 0 Å². The van der Waals surface area contributed by atoms with E-state index < -0.39 is 0 Å². The van der Waals surface area contributed by atoms with Crippen molar-refractivity contribution in [3.05, 3.63) is 23.8 Å². The molecule has 0 spiro atoms. The van der Waals surface area contributed by atoms with Crippen molar-refractivity contribution in [3.8, 4) is 0 Å². The number of benzene rings is 1. The van der Waals surface area contributed by atoms with E-state index in [1.54, 1.807) is 11.8 Å². The van der Waals surface area contributed by atoms with Gasteiger partial charge >= 0.3 is 0 Å². The third-order valence-corrected chi connectivity index (χ3v) is 3.40. The Bertz CT molecular complexity index is 301. The van der Waals surface area contributed by atoms with Crippen molar-refractivity contribution in [3.63, 3.8) is 0 Å². The van der Waals surface area contributed by atoms with Crippen LogP contribution < -0.4 is 5.73 Å². The van der Waals surface area contributed by atoms with E-state index in [1.165, 1.54) is 0 Å². The number of para-hydroxylation sites is 1. The number of rotatable bonds is 4. The number of aryl methyl sites for hydroxylation is 1. The van der Waals surface area contributed by atoms with E-state index in [0.29, 0.717) is 5.25 Å². The fourth-order valence-corrected chi connectivity index (χ4v) is 2.32. The maximum Gasteiger partial charge on any atom is 0.0482 e. The zero-order valence-corrected chi connectivity index (χ0v) is 9.47. The molecule has 0 fully saturated rings. The van der Waals surface area contributed by atoms with Gasteiger partial charge in [0.15, 0.2) is 0 Å². The minimum Gasteiger partial charge on any atom is -0.398 e. The van der Waals surface area contributed by atoms with Crippen LogP contribution in [0.1, 0.15) is 18.9 Å². The van der Waals surface area contributed by atoms with Crippen LogP contribution in [-0.2, 0) is 0 Å². The molecule has 0 aliphatic rings. The molecule has 0 heterocycles. The lowest BCUT2D eigenvalue weighted by atomic mass is 10.2. The fourth-order valence-electron chi connectivity index (χ4n) is 1.21. The minimum atomic E-state index is 0.236. The lowest BCUT2D eigenvalue weighted by Crippen LogP contribution is -2.01. The first-order chi connectivity index (χ1) is 6.65. The van der Waals surface area contributed by atoms with Crippen molar-refractivity contribution >= 4 is 17.4 Å². The molecule has 0 bridgehead atoms. The summed E-state index contributed by atoms with van der Waals surface area (Å²) in [6, 6.07) is 6.05. The van der Waals surface area contributed by atoms with Gasteiger partial charge in [-0.2, -0.15) is 0 Å². The summed E-state index contributed by atoms with van der Waals surface area (Å²) in [5, 5.41) is 9.20. The Balaban J connectivity index is 2.71. The van der Waals surface area contributed by atoms with E-state index in [4.69, 9.17) is 10.8 Å². The molecule has 0 saturated heterocycles. The van der Waals surface area contributed by atoms with Gasteiger partial charge in [0.05, 0.1) is 0 Å². The van der Waals surface area contributed by atoms with Gasteiger partial charge in [0.2, 0.25) is 0 Å². The molecule has 1 aromatic carbocycles. The molecular formula is C11H17NOS. The average molecular weight is 211 g/mol. The number of anilines is 1. The van der Waals surface area contributed by atoms with Crippen molar-refractivity contribution in [2.45, 2.75) is 30.4 Å². The molecule has 0 radical (unpaired) electrons. The van der Waals surface area contributed by atoms with Crippen molar-refractivity contribution in [1.29, 1.82) is 0 Å². The maximum atomic E-state index is 8.79. The highest BCUT2D eigenvalue weighted by Crippen LogP contribution is 2.31. The topological polar surface area (TPSA) is 46.2 Å². The van der Waals surface area contributed by atoms with Crippen LogP contribution in [0, 0.1) is 6.92 Å². The lowest BCUT2D eigenvalue weighted by Gasteiger charge is -2.12. The third kappa shape index (κ3) is 2.93. The summed E-state index contributed by atoms with van der Waals surface area (Å²) in [6.07, 6.45) is 0.804. The predicted molar refractivity (Wildman–Crippen MR) is 62.6 cm³/mol. The van der Waals surface area contributed by atoms with E-state index in [1.807, 2.05) is 25.1 Å². The summed E-state index contributed by atoms with van der Waals surface area (Å²) in [5.41, 5.74) is 7.92. The van der Waals surface area contributed by atoms with Crippen LogP contribution in [0.25, 0.3) is 0 Å². The average Bonchev–Trinajstić information content (AvgIpc) is 2.13. The van der Waals surface area contributed by atoms with E-state index in [0.717, 1.165) is 22.6 Å². The summed E-state index contributed by atoms with van der Waals surface area (Å²) in [7, 11) is 0. The van der Waals surface area contributed by atoms with E-state index in [9.17, 15) is 0 Å². The van der Waals surface area contributed by atoms with Gasteiger partial charge in [-0.05, 0) is 25.0 Å². The van der Waals surface area contributed by atoms with Crippen LogP contribution in [0.4, 0.5) is 5.69 Å². The Kier molecular flexibility index (Phi) is 4.29. The number of aliphatic hydroxyl groups excluding tert-OH is 1. The molecule has 78 valence electrons. The molecule has 1 rings (SSSR count). The second-order valence-electron chi connectivity index (χ2n) is 3.43. The maximum absolute atomic E-state index is 8.79. The molecule has 0 amide bonds. The summed E-state index contributed by atoms with van der Waals surface area (Å²) >= 11 is 1.72. The molecule has 1 atom stereocenters. The van der Waals surface area contributed by atoms with Gasteiger partial charge in [0.25, 0.3) is 0 Å². The van der Waals surface area contributed by atoms with Gasteiger partial charge in [-0.3, -0.25) is 0 Å². The molecule has 2 nitrogen and oxygen atoms in total. The highest BCUT2D eigenvalue weighted by Gasteiger charge is 2.07. The van der Waals surface area contributed by atoms with Gasteiger partial charge in [0, 0.05) is 22.4 Å². The van der Waals surface area contributed by atoms with Gasteiger partial charge in [0.1, 0.15) is 0 Å². The molecule has 3 heteroatoms. The Hall–Kier alpha value is -0.670. The number of hydrogen-bond donors (Lipinski definition) is 2. The summed E-state index contributed by atoms with van der Waals surface area (Å²) in [5.74, 6) is 0. The van der Waals surface area contributed by atoms with Gasteiger partial charge in [-0.15, -0.1) is 11.8 Å². The zero-order valence-electron chi connectivity index (χ0n) is 8.66. The highest BCUT2D eigenvalue weighted by atomic mass is 32.2. The van der Waals surface area contributed by atoms with Crippen LogP contribution in [0.5, 0.6) is 0 Å². The standard InChI is InChI=1S/C11H17NOS/c1-8-4-3-5-10(11(8)12)14-9(2)6-7-13/h3-5,9,13H,6-7,12H2,1-2H3. The smallest absolute Gasteiger partial charge is 0.0482 e. The highest BCUT2D eigenvalue weighted by molar-refractivity contribution is 8.00. The second kappa shape index (κ2) is 5.27. The van der Waals surface area contributed by atoms with Gasteiger partial charge in [-0.25, -0.2) is 0 Å². The molecular weight excluding hydrogens is 194 g/mol. The molecule has 1 unspecified atom stereocenters. The molecule has 14 heavy (non-hydrogen) atoms. The zero-order chi connectivity index (χ0) is 10.6. The van der Waals surface area contributed by atoms with Crippen LogP contribution in [-0.4, -0.2) is 17.0 Å². The largest absolute Gasteiger partial charge is 0.398 e. The van der Waals surface area contributed by atoms with Crippen LogP contribution in [0.2, 0.25) is 0 Å². The predicted octanol–water partition coefficient (Wildman–Crippen LogP) is 2.44. The van der Waals surface area contributed by atoms with E-state index in [-0.39, 0.29) is 6.61 Å². The normalized spacial score (nSPS) is 12.8. The van der Waals surface area contributed by atoms with Crippen molar-refractivity contribution in [1.82, 2.24) is 0 Å². The van der Waals surface area contributed by atoms with Crippen molar-refractivity contribution in [2.75, 3.05) is 12.3 Å². The number of hydrogen-bond acceptors (Lipinski definition) is 3.